The fourth-order valence-electron chi connectivity index (χ4n) is 4.17. The number of carbonyl (C=O) groups is 1. The molecule has 1 heterocycles. The molecule has 1 amide bonds. The summed E-state index contributed by atoms with van der Waals surface area (Å²) >= 11 is 5.98. The first-order valence-electron chi connectivity index (χ1n) is 11.2. The molecule has 1 aliphatic heterocycles. The normalized spacial score (nSPS) is 17.2. The molecule has 0 saturated carbocycles. The number of benzene rings is 2. The standard InChI is InChI=1S/C24H28ClF3N2O3S/c1-3-16-9-10-30(14-16)15-18-6-5-17(12-21(18)24(26,27)28)23(31)29-13-19-11-20(25)7-8-22(19)34(32,33)4-2/h5-8,11-12,16H,3-4,9-10,13-15H2,1-2H3,(H,29,31)/t16-/m1/s1. The van der Waals surface area contributed by atoms with Gasteiger partial charge in [-0.3, -0.25) is 9.69 Å². The number of alkyl halides is 3. The molecule has 1 fully saturated rings. The van der Waals surface area contributed by atoms with Crippen molar-refractivity contribution < 1.29 is 26.4 Å². The van der Waals surface area contributed by atoms with Crippen molar-refractivity contribution in [2.75, 3.05) is 18.8 Å². The largest absolute Gasteiger partial charge is 0.416 e. The minimum absolute atomic E-state index is 0.0297. The molecule has 1 saturated heterocycles. The summed E-state index contributed by atoms with van der Waals surface area (Å²) in [5.41, 5.74) is -0.579. The highest BCUT2D eigenvalue weighted by atomic mass is 35.5. The minimum atomic E-state index is -4.61. The van der Waals surface area contributed by atoms with Gasteiger partial charge >= 0.3 is 6.18 Å². The number of carbonyl (C=O) groups excluding carboxylic acids is 1. The van der Waals surface area contributed by atoms with Crippen LogP contribution < -0.4 is 5.32 Å². The molecule has 1 aliphatic rings. The molecule has 0 aromatic heterocycles. The summed E-state index contributed by atoms with van der Waals surface area (Å²) in [6.07, 6.45) is -2.64. The van der Waals surface area contributed by atoms with Crippen LogP contribution >= 0.6 is 11.6 Å². The Morgan fingerprint density at radius 3 is 2.50 bits per heavy atom. The SMILES string of the molecule is CC[C@@H]1CCN(Cc2ccc(C(=O)NCc3cc(Cl)ccc3S(=O)(=O)CC)cc2C(F)(F)F)C1. The van der Waals surface area contributed by atoms with Crippen LogP contribution in [0.1, 0.15) is 53.7 Å². The van der Waals surface area contributed by atoms with E-state index in [1.807, 2.05) is 4.90 Å². The van der Waals surface area contributed by atoms with Crippen molar-refractivity contribution in [1.29, 1.82) is 0 Å². The van der Waals surface area contributed by atoms with Gasteiger partial charge in [0.25, 0.3) is 5.91 Å². The Kier molecular flexibility index (Phi) is 8.31. The van der Waals surface area contributed by atoms with Crippen molar-refractivity contribution in [1.82, 2.24) is 10.2 Å². The molecule has 0 radical (unpaired) electrons. The van der Waals surface area contributed by atoms with E-state index in [2.05, 4.69) is 12.2 Å². The van der Waals surface area contributed by atoms with Crippen molar-refractivity contribution in [3.8, 4) is 0 Å². The smallest absolute Gasteiger partial charge is 0.348 e. The lowest BCUT2D eigenvalue weighted by Gasteiger charge is -2.20. The zero-order valence-corrected chi connectivity index (χ0v) is 20.7. The predicted molar refractivity (Wildman–Crippen MR) is 125 cm³/mol. The van der Waals surface area contributed by atoms with E-state index < -0.39 is 27.5 Å². The van der Waals surface area contributed by atoms with Crippen LogP contribution in [0.25, 0.3) is 0 Å². The van der Waals surface area contributed by atoms with Gasteiger partial charge in [-0.2, -0.15) is 13.2 Å². The van der Waals surface area contributed by atoms with Crippen LogP contribution in [0.2, 0.25) is 5.02 Å². The summed E-state index contributed by atoms with van der Waals surface area (Å²) < 4.78 is 66.1. The van der Waals surface area contributed by atoms with E-state index >= 15 is 0 Å². The van der Waals surface area contributed by atoms with Gasteiger partial charge in [0.2, 0.25) is 0 Å². The predicted octanol–water partition coefficient (Wildman–Crippen LogP) is 5.31. The van der Waals surface area contributed by atoms with Crippen LogP contribution in [0, 0.1) is 5.92 Å². The summed E-state index contributed by atoms with van der Waals surface area (Å²) in [5.74, 6) is -0.376. The summed E-state index contributed by atoms with van der Waals surface area (Å²) in [6, 6.07) is 7.81. The van der Waals surface area contributed by atoms with Gasteiger partial charge in [-0.1, -0.05) is 37.9 Å². The summed E-state index contributed by atoms with van der Waals surface area (Å²) in [5, 5.41) is 2.81. The number of sulfone groups is 1. The Labute approximate surface area is 203 Å². The molecular formula is C24H28ClF3N2O3S. The number of amides is 1. The van der Waals surface area contributed by atoms with Gasteiger partial charge in [0.15, 0.2) is 9.84 Å². The number of hydrogen-bond acceptors (Lipinski definition) is 4. The number of rotatable bonds is 8. The van der Waals surface area contributed by atoms with E-state index in [1.165, 1.54) is 37.3 Å². The molecule has 2 aromatic carbocycles. The average molecular weight is 517 g/mol. The summed E-state index contributed by atoms with van der Waals surface area (Å²) in [4.78, 5) is 14.7. The van der Waals surface area contributed by atoms with Crippen molar-refractivity contribution in [3.05, 3.63) is 63.7 Å². The third-order valence-electron chi connectivity index (χ3n) is 6.20. The van der Waals surface area contributed by atoms with E-state index in [9.17, 15) is 26.4 Å². The zero-order chi connectivity index (χ0) is 25.1. The maximum absolute atomic E-state index is 13.8. The Balaban J connectivity index is 1.80. The third-order valence-corrected chi connectivity index (χ3v) is 8.26. The number of hydrogen-bond donors (Lipinski definition) is 1. The van der Waals surface area contributed by atoms with Crippen molar-refractivity contribution in [3.63, 3.8) is 0 Å². The van der Waals surface area contributed by atoms with E-state index in [0.717, 1.165) is 32.0 Å². The molecule has 3 rings (SSSR count). The van der Waals surface area contributed by atoms with E-state index in [4.69, 9.17) is 11.6 Å². The molecule has 1 N–H and O–H groups in total. The molecule has 186 valence electrons. The molecule has 1 atom stereocenters. The second-order valence-corrected chi connectivity index (χ2v) is 11.2. The Bertz CT molecular complexity index is 1150. The Morgan fingerprint density at radius 2 is 1.88 bits per heavy atom. The van der Waals surface area contributed by atoms with Crippen LogP contribution in [-0.2, 0) is 29.1 Å². The molecular weight excluding hydrogens is 489 g/mol. The van der Waals surface area contributed by atoms with Crippen molar-refractivity contribution >= 4 is 27.3 Å². The van der Waals surface area contributed by atoms with E-state index in [-0.39, 0.29) is 45.5 Å². The second kappa shape index (κ2) is 10.7. The van der Waals surface area contributed by atoms with Crippen LogP contribution in [-0.4, -0.2) is 38.1 Å². The maximum atomic E-state index is 13.8. The number of nitrogens with zero attached hydrogens (tertiary/aromatic N) is 1. The van der Waals surface area contributed by atoms with E-state index in [0.29, 0.717) is 5.92 Å². The monoisotopic (exact) mass is 516 g/mol. The van der Waals surface area contributed by atoms with Crippen molar-refractivity contribution in [2.24, 2.45) is 5.92 Å². The van der Waals surface area contributed by atoms with Crippen LogP contribution in [0.4, 0.5) is 13.2 Å². The van der Waals surface area contributed by atoms with Gasteiger partial charge in [0.05, 0.1) is 16.2 Å². The van der Waals surface area contributed by atoms with Crippen molar-refractivity contribution in [2.45, 2.75) is 50.9 Å². The Hall–Kier alpha value is -2.10. The van der Waals surface area contributed by atoms with Crippen LogP contribution in [0.3, 0.4) is 0 Å². The topological polar surface area (TPSA) is 66.5 Å². The molecule has 5 nitrogen and oxygen atoms in total. The van der Waals surface area contributed by atoms with Gasteiger partial charge < -0.3 is 5.32 Å². The van der Waals surface area contributed by atoms with Gasteiger partial charge in [-0.05, 0) is 60.3 Å². The first-order chi connectivity index (χ1) is 15.9. The van der Waals surface area contributed by atoms with Crippen LogP contribution in [0.5, 0.6) is 0 Å². The van der Waals surface area contributed by atoms with Gasteiger partial charge in [-0.15, -0.1) is 0 Å². The van der Waals surface area contributed by atoms with Gasteiger partial charge in [0, 0.05) is 30.2 Å². The van der Waals surface area contributed by atoms with Gasteiger partial charge in [-0.25, -0.2) is 8.42 Å². The summed E-state index contributed by atoms with van der Waals surface area (Å²) in [7, 11) is -3.57. The highest BCUT2D eigenvalue weighted by Gasteiger charge is 2.35. The quantitative estimate of drug-likeness (QED) is 0.516. The molecule has 10 heteroatoms. The third kappa shape index (κ3) is 6.31. The van der Waals surface area contributed by atoms with Gasteiger partial charge in [0.1, 0.15) is 0 Å². The molecule has 34 heavy (non-hydrogen) atoms. The molecule has 0 spiro atoms. The maximum Gasteiger partial charge on any atom is 0.416 e. The minimum Gasteiger partial charge on any atom is -0.348 e. The van der Waals surface area contributed by atoms with E-state index in [1.54, 1.807) is 0 Å². The number of halogens is 4. The highest BCUT2D eigenvalue weighted by molar-refractivity contribution is 7.91. The summed E-state index contributed by atoms with van der Waals surface area (Å²) in [6.45, 7) is 5.07. The second-order valence-electron chi connectivity index (χ2n) is 8.51. The lowest BCUT2D eigenvalue weighted by Crippen LogP contribution is -2.26. The lowest BCUT2D eigenvalue weighted by atomic mass is 10.0. The molecule has 0 aliphatic carbocycles. The first kappa shape index (κ1) is 26.5. The van der Waals surface area contributed by atoms with Crippen LogP contribution in [0.15, 0.2) is 41.3 Å². The molecule has 2 aromatic rings. The Morgan fingerprint density at radius 1 is 1.15 bits per heavy atom. The number of likely N-dealkylation sites (tertiary alicyclic amines) is 1. The molecule has 0 unspecified atom stereocenters. The molecule has 0 bridgehead atoms. The fraction of sp³-hybridized carbons (Fsp3) is 0.458. The highest BCUT2D eigenvalue weighted by Crippen LogP contribution is 2.34. The first-order valence-corrected chi connectivity index (χ1v) is 13.2. The number of nitrogens with one attached hydrogen (secondary N) is 1. The lowest BCUT2D eigenvalue weighted by molar-refractivity contribution is -0.138. The fourth-order valence-corrected chi connectivity index (χ4v) is 5.48. The zero-order valence-electron chi connectivity index (χ0n) is 19.1. The average Bonchev–Trinajstić information content (AvgIpc) is 3.24.